The predicted molar refractivity (Wildman–Crippen MR) is 101 cm³/mol. The molecule has 0 saturated carbocycles. The van der Waals surface area contributed by atoms with Crippen LogP contribution in [0.25, 0.3) is 10.8 Å². The predicted octanol–water partition coefficient (Wildman–Crippen LogP) is 4.93. The van der Waals surface area contributed by atoms with Crippen molar-refractivity contribution in [2.45, 2.75) is 25.8 Å². The van der Waals surface area contributed by atoms with Crippen molar-refractivity contribution in [1.82, 2.24) is 5.01 Å². The lowest BCUT2D eigenvalue weighted by Gasteiger charge is -2.22. The van der Waals surface area contributed by atoms with Gasteiger partial charge in [-0.1, -0.05) is 73.7 Å². The van der Waals surface area contributed by atoms with Crippen molar-refractivity contribution < 1.29 is 4.79 Å². The highest BCUT2D eigenvalue weighted by molar-refractivity contribution is 6.03. The average Bonchev–Trinajstić information content (AvgIpc) is 3.13. The minimum Gasteiger partial charge on any atom is -0.273 e. The zero-order valence-electron chi connectivity index (χ0n) is 14.2. The molecule has 0 spiro atoms. The van der Waals surface area contributed by atoms with Gasteiger partial charge in [-0.3, -0.25) is 4.79 Å². The summed E-state index contributed by atoms with van der Waals surface area (Å²) in [6.07, 6.45) is 1.20. The van der Waals surface area contributed by atoms with Crippen LogP contribution in [0, 0.1) is 0 Å². The molecule has 0 N–H and O–H groups in total. The van der Waals surface area contributed by atoms with Gasteiger partial charge in [0.1, 0.15) is 0 Å². The number of carbonyl (C=O) groups is 1. The number of hydrogen-bond acceptors (Lipinski definition) is 2. The maximum absolute atomic E-state index is 12.5. The number of hydrazone groups is 1. The van der Waals surface area contributed by atoms with E-state index in [1.165, 1.54) is 10.8 Å². The number of carbonyl (C=O) groups excluding carboxylic acids is 1. The molecule has 124 valence electrons. The molecule has 1 amide bonds. The van der Waals surface area contributed by atoms with Crippen molar-refractivity contribution in [2.24, 2.45) is 5.10 Å². The molecule has 0 aliphatic carbocycles. The van der Waals surface area contributed by atoms with Crippen LogP contribution in [0.1, 0.15) is 36.9 Å². The van der Waals surface area contributed by atoms with Crippen molar-refractivity contribution in [3.05, 3.63) is 83.9 Å². The van der Waals surface area contributed by atoms with Gasteiger partial charge in [0.15, 0.2) is 0 Å². The molecule has 1 unspecified atom stereocenters. The molecular weight excluding hydrogens is 308 g/mol. The summed E-state index contributed by atoms with van der Waals surface area (Å²) in [6.45, 7) is 1.88. The standard InChI is InChI=1S/C22H20N2O/c1-2-22(25)24-21(15-20(23-24)17-9-4-3-5-10-17)19-13-12-16-8-6-7-11-18(16)14-19/h3-14,21H,2,15H2,1H3. The lowest BCUT2D eigenvalue weighted by molar-refractivity contribution is -0.132. The monoisotopic (exact) mass is 328 g/mol. The molecule has 3 nitrogen and oxygen atoms in total. The number of nitrogens with zero attached hydrogens (tertiary/aromatic N) is 2. The van der Waals surface area contributed by atoms with Crippen LogP contribution in [-0.4, -0.2) is 16.6 Å². The maximum Gasteiger partial charge on any atom is 0.242 e. The third-order valence-corrected chi connectivity index (χ3v) is 4.73. The molecule has 1 aliphatic heterocycles. The molecular formula is C22H20N2O. The summed E-state index contributed by atoms with van der Waals surface area (Å²) in [6, 6.07) is 24.8. The highest BCUT2D eigenvalue weighted by Gasteiger charge is 2.32. The summed E-state index contributed by atoms with van der Waals surface area (Å²) >= 11 is 0. The van der Waals surface area contributed by atoms with Gasteiger partial charge >= 0.3 is 0 Å². The molecule has 0 aromatic heterocycles. The minimum absolute atomic E-state index is 0.0349. The van der Waals surface area contributed by atoms with Crippen LogP contribution in [0.2, 0.25) is 0 Å². The number of benzene rings is 3. The second kappa shape index (κ2) is 6.52. The van der Waals surface area contributed by atoms with Gasteiger partial charge in [-0.15, -0.1) is 0 Å². The first kappa shape index (κ1) is 15.6. The van der Waals surface area contributed by atoms with Crippen molar-refractivity contribution in [3.63, 3.8) is 0 Å². The highest BCUT2D eigenvalue weighted by Crippen LogP contribution is 2.34. The molecule has 3 aromatic carbocycles. The molecule has 3 heteroatoms. The molecule has 0 bridgehead atoms. The molecule has 1 heterocycles. The Morgan fingerprint density at radius 1 is 1.00 bits per heavy atom. The fourth-order valence-electron chi connectivity index (χ4n) is 3.38. The number of amides is 1. The van der Waals surface area contributed by atoms with E-state index in [9.17, 15) is 4.79 Å². The van der Waals surface area contributed by atoms with E-state index < -0.39 is 0 Å². The first-order chi connectivity index (χ1) is 12.3. The number of fused-ring (bicyclic) bond motifs is 1. The fourth-order valence-corrected chi connectivity index (χ4v) is 3.38. The molecule has 25 heavy (non-hydrogen) atoms. The first-order valence-electron chi connectivity index (χ1n) is 8.70. The zero-order chi connectivity index (χ0) is 17.2. The van der Waals surface area contributed by atoms with Crippen LogP contribution in [0.5, 0.6) is 0 Å². The minimum atomic E-state index is -0.0349. The Morgan fingerprint density at radius 2 is 1.72 bits per heavy atom. The maximum atomic E-state index is 12.5. The first-order valence-corrected chi connectivity index (χ1v) is 8.70. The van der Waals surface area contributed by atoms with Crippen molar-refractivity contribution in [1.29, 1.82) is 0 Å². The second-order valence-corrected chi connectivity index (χ2v) is 6.33. The van der Waals surface area contributed by atoms with Gasteiger partial charge in [-0.25, -0.2) is 5.01 Å². The number of rotatable bonds is 3. The lowest BCUT2D eigenvalue weighted by Crippen LogP contribution is -2.26. The van der Waals surface area contributed by atoms with E-state index in [2.05, 4.69) is 47.6 Å². The van der Waals surface area contributed by atoms with Gasteiger partial charge in [0.2, 0.25) is 5.91 Å². The highest BCUT2D eigenvalue weighted by atomic mass is 16.2. The molecule has 3 aromatic rings. The molecule has 1 atom stereocenters. The summed E-state index contributed by atoms with van der Waals surface area (Å²) in [5, 5.41) is 8.74. The van der Waals surface area contributed by atoms with Gasteiger partial charge in [-0.2, -0.15) is 5.10 Å². The van der Waals surface area contributed by atoms with Gasteiger partial charge < -0.3 is 0 Å². The molecule has 1 aliphatic rings. The quantitative estimate of drug-likeness (QED) is 0.671. The normalized spacial score (nSPS) is 16.9. The lowest BCUT2D eigenvalue weighted by atomic mass is 9.96. The third-order valence-electron chi connectivity index (χ3n) is 4.73. The third kappa shape index (κ3) is 2.93. The molecule has 4 rings (SSSR count). The van der Waals surface area contributed by atoms with E-state index >= 15 is 0 Å². The van der Waals surface area contributed by atoms with Crippen molar-refractivity contribution in [3.8, 4) is 0 Å². The van der Waals surface area contributed by atoms with Crippen LogP contribution in [-0.2, 0) is 4.79 Å². The second-order valence-electron chi connectivity index (χ2n) is 6.33. The van der Waals surface area contributed by atoms with Crippen LogP contribution in [0.15, 0.2) is 77.9 Å². The van der Waals surface area contributed by atoms with E-state index in [4.69, 9.17) is 0 Å². The van der Waals surface area contributed by atoms with Crippen LogP contribution in [0.3, 0.4) is 0 Å². The van der Waals surface area contributed by atoms with Gasteiger partial charge in [0, 0.05) is 12.8 Å². The molecule has 0 fully saturated rings. The Labute approximate surface area is 147 Å². The smallest absolute Gasteiger partial charge is 0.242 e. The Balaban J connectivity index is 1.73. The Hall–Kier alpha value is -2.94. The number of hydrogen-bond donors (Lipinski definition) is 0. The van der Waals surface area contributed by atoms with E-state index in [0.717, 1.165) is 23.3 Å². The summed E-state index contributed by atoms with van der Waals surface area (Å²) < 4.78 is 0. The van der Waals surface area contributed by atoms with Gasteiger partial charge in [0.25, 0.3) is 0 Å². The molecule has 0 saturated heterocycles. The van der Waals surface area contributed by atoms with Gasteiger partial charge in [0.05, 0.1) is 11.8 Å². The Bertz CT molecular complexity index is 946. The molecule has 0 radical (unpaired) electrons. The van der Waals surface area contributed by atoms with Crippen molar-refractivity contribution >= 4 is 22.4 Å². The summed E-state index contributed by atoms with van der Waals surface area (Å²) in [4.78, 5) is 12.5. The van der Waals surface area contributed by atoms with E-state index in [0.29, 0.717) is 6.42 Å². The average molecular weight is 328 g/mol. The topological polar surface area (TPSA) is 32.7 Å². The summed E-state index contributed by atoms with van der Waals surface area (Å²) in [5.74, 6) is 0.0593. The van der Waals surface area contributed by atoms with Crippen LogP contribution < -0.4 is 0 Å². The van der Waals surface area contributed by atoms with Crippen LogP contribution >= 0.6 is 0 Å². The summed E-state index contributed by atoms with van der Waals surface area (Å²) in [5.41, 5.74) is 3.19. The summed E-state index contributed by atoms with van der Waals surface area (Å²) in [7, 11) is 0. The SMILES string of the molecule is CCC(=O)N1N=C(c2ccccc2)CC1c1ccc2ccccc2c1. The van der Waals surface area contributed by atoms with Gasteiger partial charge in [-0.05, 0) is 28.0 Å². The van der Waals surface area contributed by atoms with E-state index in [1.54, 1.807) is 5.01 Å². The Morgan fingerprint density at radius 3 is 2.48 bits per heavy atom. The van der Waals surface area contributed by atoms with Crippen LogP contribution in [0.4, 0.5) is 0 Å². The Kier molecular flexibility index (Phi) is 4.06. The largest absolute Gasteiger partial charge is 0.273 e. The fraction of sp³-hybridized carbons (Fsp3) is 0.182. The van der Waals surface area contributed by atoms with E-state index in [-0.39, 0.29) is 11.9 Å². The van der Waals surface area contributed by atoms with E-state index in [1.807, 2.05) is 37.3 Å². The van der Waals surface area contributed by atoms with Crippen molar-refractivity contribution in [2.75, 3.05) is 0 Å². The zero-order valence-corrected chi connectivity index (χ0v) is 14.2.